The highest BCUT2D eigenvalue weighted by Gasteiger charge is 2.20. The topological polar surface area (TPSA) is 21.3 Å². The lowest BCUT2D eigenvalue weighted by Crippen LogP contribution is -2.11. The summed E-state index contributed by atoms with van der Waals surface area (Å²) < 4.78 is 58.5. The first-order valence-electron chi connectivity index (χ1n) is 6.17. The van der Waals surface area contributed by atoms with Crippen LogP contribution in [0.25, 0.3) is 0 Å². The third kappa shape index (κ3) is 3.09. The van der Waals surface area contributed by atoms with Gasteiger partial charge in [-0.05, 0) is 24.6 Å². The van der Waals surface area contributed by atoms with E-state index in [-0.39, 0.29) is 6.07 Å². The van der Waals surface area contributed by atoms with Crippen LogP contribution in [0.2, 0.25) is 0 Å². The van der Waals surface area contributed by atoms with E-state index in [1.54, 1.807) is 31.2 Å². The summed E-state index contributed by atoms with van der Waals surface area (Å²) in [6, 6.07) is 6.36. The van der Waals surface area contributed by atoms with Crippen LogP contribution in [0, 0.1) is 23.3 Å². The second kappa shape index (κ2) is 6.03. The molecule has 0 aliphatic heterocycles. The number of hydrogen-bond acceptors (Lipinski definition) is 2. The van der Waals surface area contributed by atoms with Crippen molar-refractivity contribution in [1.29, 1.82) is 0 Å². The van der Waals surface area contributed by atoms with E-state index in [0.29, 0.717) is 11.3 Å². The average Bonchev–Trinajstić information content (AvgIpc) is 2.49. The minimum atomic E-state index is -1.45. The molecular weight excluding hydrogens is 286 g/mol. The molecule has 0 aromatic heterocycles. The minimum absolute atomic E-state index is 0.173. The van der Waals surface area contributed by atoms with Gasteiger partial charge in [0, 0.05) is 12.1 Å². The standard InChI is InChI=1S/C15H13F4NO/c1-8(9-4-3-5-10(6-9)21-2)20-15-13(18)11(16)7-12(17)14(15)19/h3-8,20H,1-2H3. The Morgan fingerprint density at radius 1 is 1.00 bits per heavy atom. The van der Waals surface area contributed by atoms with Crippen molar-refractivity contribution in [2.24, 2.45) is 0 Å². The predicted octanol–water partition coefficient (Wildman–Crippen LogP) is 4.42. The highest BCUT2D eigenvalue weighted by atomic mass is 19.2. The van der Waals surface area contributed by atoms with Crippen LogP contribution in [0.3, 0.4) is 0 Å². The lowest BCUT2D eigenvalue weighted by molar-refractivity contribution is 0.414. The molecule has 1 N–H and O–H groups in total. The molecule has 0 aliphatic carbocycles. The van der Waals surface area contributed by atoms with Gasteiger partial charge in [0.05, 0.1) is 7.11 Å². The van der Waals surface area contributed by atoms with Gasteiger partial charge in [-0.15, -0.1) is 0 Å². The first-order chi connectivity index (χ1) is 9.93. The molecule has 0 bridgehead atoms. The Kier molecular flexibility index (Phi) is 4.35. The van der Waals surface area contributed by atoms with Gasteiger partial charge in [0.15, 0.2) is 23.3 Å². The molecule has 2 rings (SSSR count). The Morgan fingerprint density at radius 3 is 2.19 bits per heavy atom. The summed E-state index contributed by atoms with van der Waals surface area (Å²) in [5.41, 5.74) is -0.180. The second-order valence-corrected chi connectivity index (χ2v) is 4.49. The highest BCUT2D eigenvalue weighted by molar-refractivity contribution is 5.49. The van der Waals surface area contributed by atoms with E-state index in [1.807, 2.05) is 0 Å². The lowest BCUT2D eigenvalue weighted by atomic mass is 10.1. The quantitative estimate of drug-likeness (QED) is 0.666. The number of benzene rings is 2. The van der Waals surface area contributed by atoms with Crippen LogP contribution in [-0.2, 0) is 0 Å². The molecule has 6 heteroatoms. The Labute approximate surface area is 119 Å². The van der Waals surface area contributed by atoms with Crippen LogP contribution in [0.1, 0.15) is 18.5 Å². The summed E-state index contributed by atoms with van der Waals surface area (Å²) in [5.74, 6) is -5.25. The fourth-order valence-electron chi connectivity index (χ4n) is 1.91. The van der Waals surface area contributed by atoms with Crippen LogP contribution in [0.15, 0.2) is 30.3 Å². The third-order valence-corrected chi connectivity index (χ3v) is 3.07. The molecule has 2 nitrogen and oxygen atoms in total. The summed E-state index contributed by atoms with van der Waals surface area (Å²) >= 11 is 0. The number of rotatable bonds is 4. The molecule has 21 heavy (non-hydrogen) atoms. The van der Waals surface area contributed by atoms with Crippen LogP contribution in [0.4, 0.5) is 23.2 Å². The molecule has 112 valence electrons. The van der Waals surface area contributed by atoms with Crippen LogP contribution in [-0.4, -0.2) is 7.11 Å². The van der Waals surface area contributed by atoms with Crippen LogP contribution in [0.5, 0.6) is 5.75 Å². The molecule has 2 aromatic rings. The number of halogens is 4. The molecule has 1 unspecified atom stereocenters. The Hall–Kier alpha value is -2.24. The predicted molar refractivity (Wildman–Crippen MR) is 71.3 cm³/mol. The largest absolute Gasteiger partial charge is 0.497 e. The summed E-state index contributed by atoms with van der Waals surface area (Å²) in [6.45, 7) is 1.61. The molecule has 1 atom stereocenters. The van der Waals surface area contributed by atoms with Crippen LogP contribution >= 0.6 is 0 Å². The summed E-state index contributed by atoms with van der Waals surface area (Å²) in [7, 11) is 1.48. The second-order valence-electron chi connectivity index (χ2n) is 4.49. The van der Waals surface area contributed by atoms with E-state index >= 15 is 0 Å². The highest BCUT2D eigenvalue weighted by Crippen LogP contribution is 2.29. The van der Waals surface area contributed by atoms with Gasteiger partial charge >= 0.3 is 0 Å². The summed E-state index contributed by atoms with van der Waals surface area (Å²) in [6.07, 6.45) is 0. The Bertz CT molecular complexity index is 634. The fourth-order valence-corrected chi connectivity index (χ4v) is 1.91. The van der Waals surface area contributed by atoms with Crippen LogP contribution < -0.4 is 10.1 Å². The molecular formula is C15H13F4NO. The normalized spacial score (nSPS) is 12.1. The lowest BCUT2D eigenvalue weighted by Gasteiger charge is -2.18. The number of nitrogens with one attached hydrogen (secondary N) is 1. The Balaban J connectivity index is 2.33. The Morgan fingerprint density at radius 2 is 1.62 bits per heavy atom. The molecule has 0 saturated carbocycles. The minimum Gasteiger partial charge on any atom is -0.497 e. The van der Waals surface area contributed by atoms with Gasteiger partial charge in [0.1, 0.15) is 11.4 Å². The van der Waals surface area contributed by atoms with E-state index in [2.05, 4.69) is 5.32 Å². The van der Waals surface area contributed by atoms with Crippen molar-refractivity contribution in [2.45, 2.75) is 13.0 Å². The van der Waals surface area contributed by atoms with Crippen molar-refractivity contribution in [1.82, 2.24) is 0 Å². The molecule has 0 amide bonds. The van der Waals surface area contributed by atoms with Crippen molar-refractivity contribution in [3.05, 3.63) is 59.2 Å². The van der Waals surface area contributed by atoms with Gasteiger partial charge < -0.3 is 10.1 Å². The van der Waals surface area contributed by atoms with Gasteiger partial charge in [-0.2, -0.15) is 0 Å². The molecule has 2 aromatic carbocycles. The third-order valence-electron chi connectivity index (χ3n) is 3.07. The number of hydrogen-bond donors (Lipinski definition) is 1. The molecule has 0 spiro atoms. The van der Waals surface area contributed by atoms with Crippen molar-refractivity contribution in [2.75, 3.05) is 12.4 Å². The molecule has 0 radical (unpaired) electrons. The van der Waals surface area contributed by atoms with E-state index < -0.39 is 35.0 Å². The van der Waals surface area contributed by atoms with Gasteiger partial charge in [-0.3, -0.25) is 0 Å². The van der Waals surface area contributed by atoms with Crippen molar-refractivity contribution >= 4 is 5.69 Å². The van der Waals surface area contributed by atoms with Crippen molar-refractivity contribution in [3.63, 3.8) is 0 Å². The van der Waals surface area contributed by atoms with E-state index in [9.17, 15) is 17.6 Å². The summed E-state index contributed by atoms with van der Waals surface area (Å²) in [5, 5.41) is 2.44. The van der Waals surface area contributed by atoms with Gasteiger partial charge in [0.2, 0.25) is 0 Å². The van der Waals surface area contributed by atoms with Gasteiger partial charge in [0.25, 0.3) is 0 Å². The molecule has 0 fully saturated rings. The molecule has 0 aliphatic rings. The zero-order chi connectivity index (χ0) is 15.6. The SMILES string of the molecule is COc1cccc(C(C)Nc2c(F)c(F)cc(F)c2F)c1. The summed E-state index contributed by atoms with van der Waals surface area (Å²) in [4.78, 5) is 0. The maximum absolute atomic E-state index is 13.6. The number of methoxy groups -OCH3 is 1. The first-order valence-corrected chi connectivity index (χ1v) is 6.17. The zero-order valence-corrected chi connectivity index (χ0v) is 11.4. The van der Waals surface area contributed by atoms with Gasteiger partial charge in [-0.25, -0.2) is 17.6 Å². The van der Waals surface area contributed by atoms with Gasteiger partial charge in [-0.1, -0.05) is 12.1 Å². The maximum atomic E-state index is 13.6. The van der Waals surface area contributed by atoms with Crippen molar-refractivity contribution in [3.8, 4) is 5.75 Å². The smallest absolute Gasteiger partial charge is 0.185 e. The molecule has 0 heterocycles. The maximum Gasteiger partial charge on any atom is 0.185 e. The van der Waals surface area contributed by atoms with E-state index in [1.165, 1.54) is 7.11 Å². The number of anilines is 1. The monoisotopic (exact) mass is 299 g/mol. The zero-order valence-electron chi connectivity index (χ0n) is 11.4. The van der Waals surface area contributed by atoms with E-state index in [0.717, 1.165) is 0 Å². The van der Waals surface area contributed by atoms with Crippen molar-refractivity contribution < 1.29 is 22.3 Å². The fraction of sp³-hybridized carbons (Fsp3) is 0.200. The average molecular weight is 299 g/mol. The molecule has 0 saturated heterocycles. The van der Waals surface area contributed by atoms with E-state index in [4.69, 9.17) is 4.74 Å². The number of ether oxygens (including phenoxy) is 1. The first kappa shape index (κ1) is 15.2.